The first-order chi connectivity index (χ1) is 11.9. The molecule has 0 saturated carbocycles. The average molecular weight is 360 g/mol. The minimum atomic E-state index is -1.12. The van der Waals surface area contributed by atoms with Crippen molar-refractivity contribution in [2.45, 2.75) is 18.4 Å². The number of benzene rings is 2. The topological polar surface area (TPSA) is 78.6 Å². The van der Waals surface area contributed by atoms with Crippen LogP contribution in [0.1, 0.15) is 28.8 Å². The molecule has 2 aromatic rings. The normalized spacial score (nSPS) is 17.2. The van der Waals surface area contributed by atoms with Crippen LogP contribution in [0, 0.1) is 0 Å². The lowest BCUT2D eigenvalue weighted by Crippen LogP contribution is -2.42. The van der Waals surface area contributed by atoms with E-state index in [4.69, 9.17) is 17.3 Å². The van der Waals surface area contributed by atoms with Crippen molar-refractivity contribution in [3.63, 3.8) is 0 Å². The van der Waals surface area contributed by atoms with Crippen LogP contribution in [0.3, 0.4) is 0 Å². The van der Waals surface area contributed by atoms with Crippen LogP contribution in [0.2, 0.25) is 5.02 Å². The molecule has 0 unspecified atom stereocenters. The predicted molar refractivity (Wildman–Crippen MR) is 101 cm³/mol. The number of carbonyl (C=O) groups is 1. The molecule has 0 bridgehead atoms. The lowest BCUT2D eigenvalue weighted by Gasteiger charge is -2.38. The van der Waals surface area contributed by atoms with Gasteiger partial charge in [0.05, 0.1) is 11.2 Å². The summed E-state index contributed by atoms with van der Waals surface area (Å²) in [5, 5.41) is 14.4. The Morgan fingerprint density at radius 2 is 1.88 bits per heavy atom. The second-order valence-corrected chi connectivity index (χ2v) is 7.01. The highest BCUT2D eigenvalue weighted by atomic mass is 35.5. The quantitative estimate of drug-likeness (QED) is 0.736. The molecule has 3 rings (SSSR count). The average Bonchev–Trinajstić information content (AvgIpc) is 2.58. The summed E-state index contributed by atoms with van der Waals surface area (Å²) in [7, 11) is 2.01. The zero-order valence-corrected chi connectivity index (χ0v) is 14.9. The standard InChI is InChI=1S/C19H22ClN3O2/c1-23-9-7-19(25,8-10-23)15-11-13(20)12-16(21)17(15)18(24)22-14-5-3-2-4-6-14/h2-6,11-12,25H,7-10,21H2,1H3,(H,22,24). The molecule has 1 aliphatic rings. The fourth-order valence-electron chi connectivity index (χ4n) is 3.22. The van der Waals surface area contributed by atoms with Gasteiger partial charge >= 0.3 is 0 Å². The van der Waals surface area contributed by atoms with E-state index in [9.17, 15) is 9.90 Å². The Balaban J connectivity index is 2.00. The Labute approximate surface area is 152 Å². The maximum absolute atomic E-state index is 12.9. The van der Waals surface area contributed by atoms with Crippen LogP contribution in [0.5, 0.6) is 0 Å². The molecule has 4 N–H and O–H groups in total. The third-order valence-electron chi connectivity index (χ3n) is 4.71. The van der Waals surface area contributed by atoms with Gasteiger partial charge in [-0.25, -0.2) is 0 Å². The number of rotatable bonds is 3. The molecule has 0 aliphatic carbocycles. The van der Waals surface area contributed by atoms with Crippen LogP contribution >= 0.6 is 11.6 Å². The number of nitrogens with zero attached hydrogens (tertiary/aromatic N) is 1. The number of amides is 1. The van der Waals surface area contributed by atoms with E-state index in [2.05, 4.69) is 10.2 Å². The zero-order valence-electron chi connectivity index (χ0n) is 14.1. The molecule has 25 heavy (non-hydrogen) atoms. The van der Waals surface area contributed by atoms with E-state index in [-0.39, 0.29) is 11.6 Å². The Morgan fingerprint density at radius 3 is 2.52 bits per heavy atom. The number of hydrogen-bond donors (Lipinski definition) is 3. The highest BCUT2D eigenvalue weighted by molar-refractivity contribution is 6.31. The summed E-state index contributed by atoms with van der Waals surface area (Å²) < 4.78 is 0. The van der Waals surface area contributed by atoms with Gasteiger partial charge in [0.15, 0.2) is 0 Å². The van der Waals surface area contributed by atoms with Crippen molar-refractivity contribution >= 4 is 28.9 Å². The summed E-state index contributed by atoms with van der Waals surface area (Å²) in [5.41, 5.74) is 6.71. The largest absolute Gasteiger partial charge is 0.398 e. The SMILES string of the molecule is CN1CCC(O)(c2cc(Cl)cc(N)c2C(=O)Nc2ccccc2)CC1. The van der Waals surface area contributed by atoms with Gasteiger partial charge in [0, 0.05) is 29.5 Å². The first kappa shape index (κ1) is 17.7. The molecule has 6 heteroatoms. The van der Waals surface area contributed by atoms with Gasteiger partial charge in [-0.05, 0) is 49.7 Å². The fraction of sp³-hybridized carbons (Fsp3) is 0.316. The second-order valence-electron chi connectivity index (χ2n) is 6.57. The second kappa shape index (κ2) is 7.04. The summed E-state index contributed by atoms with van der Waals surface area (Å²) in [4.78, 5) is 15.0. The highest BCUT2D eigenvalue weighted by Gasteiger charge is 2.37. The molecule has 132 valence electrons. The Hall–Kier alpha value is -2.08. The van der Waals surface area contributed by atoms with E-state index < -0.39 is 5.60 Å². The van der Waals surface area contributed by atoms with Crippen LogP contribution in [0.15, 0.2) is 42.5 Å². The van der Waals surface area contributed by atoms with Crippen LogP contribution < -0.4 is 11.1 Å². The van der Waals surface area contributed by atoms with Crippen molar-refractivity contribution in [3.8, 4) is 0 Å². The number of nitrogen functional groups attached to an aromatic ring is 1. The van der Waals surface area contributed by atoms with Crippen molar-refractivity contribution in [3.05, 3.63) is 58.6 Å². The lowest BCUT2D eigenvalue weighted by atomic mass is 9.81. The van der Waals surface area contributed by atoms with Crippen LogP contribution in [0.25, 0.3) is 0 Å². The number of hydrogen-bond acceptors (Lipinski definition) is 4. The van der Waals surface area contributed by atoms with Crippen LogP contribution in [0.4, 0.5) is 11.4 Å². The molecule has 0 spiro atoms. The molecule has 1 heterocycles. The number of aliphatic hydroxyl groups is 1. The van der Waals surface area contributed by atoms with E-state index in [0.717, 1.165) is 13.1 Å². The molecule has 1 fully saturated rings. The van der Waals surface area contributed by atoms with Gasteiger partial charge < -0.3 is 21.1 Å². The molecular weight excluding hydrogens is 338 g/mol. The van der Waals surface area contributed by atoms with Crippen molar-refractivity contribution in [1.82, 2.24) is 4.90 Å². The molecule has 1 saturated heterocycles. The van der Waals surface area contributed by atoms with Crippen molar-refractivity contribution in [2.75, 3.05) is 31.2 Å². The third-order valence-corrected chi connectivity index (χ3v) is 4.93. The van der Waals surface area contributed by atoms with Gasteiger partial charge in [0.1, 0.15) is 0 Å². The highest BCUT2D eigenvalue weighted by Crippen LogP contribution is 2.38. The van der Waals surface area contributed by atoms with Crippen molar-refractivity contribution < 1.29 is 9.90 Å². The molecule has 0 aromatic heterocycles. The number of likely N-dealkylation sites (tertiary alicyclic amines) is 1. The number of piperidine rings is 1. The first-order valence-corrected chi connectivity index (χ1v) is 8.64. The van der Waals surface area contributed by atoms with Crippen LogP contribution in [-0.4, -0.2) is 36.1 Å². The van der Waals surface area contributed by atoms with Gasteiger partial charge in [0.2, 0.25) is 0 Å². The molecule has 0 radical (unpaired) electrons. The van der Waals surface area contributed by atoms with Crippen LogP contribution in [-0.2, 0) is 5.60 Å². The summed E-state index contributed by atoms with van der Waals surface area (Å²) in [5.74, 6) is -0.345. The van der Waals surface area contributed by atoms with E-state index >= 15 is 0 Å². The maximum atomic E-state index is 12.9. The molecular formula is C19H22ClN3O2. The molecule has 5 nitrogen and oxygen atoms in total. The fourth-order valence-corrected chi connectivity index (χ4v) is 3.45. The molecule has 1 aliphatic heterocycles. The number of para-hydroxylation sites is 1. The molecule has 1 amide bonds. The maximum Gasteiger partial charge on any atom is 0.258 e. The van der Waals surface area contributed by atoms with E-state index in [0.29, 0.717) is 34.7 Å². The Bertz CT molecular complexity index is 772. The summed E-state index contributed by atoms with van der Waals surface area (Å²) in [6, 6.07) is 12.4. The van der Waals surface area contributed by atoms with Crippen molar-refractivity contribution in [1.29, 1.82) is 0 Å². The van der Waals surface area contributed by atoms with Gasteiger partial charge in [-0.2, -0.15) is 0 Å². The van der Waals surface area contributed by atoms with Gasteiger partial charge in [0.25, 0.3) is 5.91 Å². The minimum Gasteiger partial charge on any atom is -0.398 e. The number of halogens is 1. The summed E-state index contributed by atoms with van der Waals surface area (Å²) in [6.07, 6.45) is 1.05. The number of nitrogens with two attached hydrogens (primary N) is 1. The molecule has 0 atom stereocenters. The van der Waals surface area contributed by atoms with Gasteiger partial charge in [-0.1, -0.05) is 29.8 Å². The zero-order chi connectivity index (χ0) is 18.0. The van der Waals surface area contributed by atoms with Gasteiger partial charge in [-0.3, -0.25) is 4.79 Å². The Kier molecular flexibility index (Phi) is 4.99. The number of anilines is 2. The molecule has 2 aromatic carbocycles. The van der Waals surface area contributed by atoms with E-state index in [1.807, 2.05) is 25.2 Å². The summed E-state index contributed by atoms with van der Waals surface area (Å²) >= 11 is 6.16. The lowest BCUT2D eigenvalue weighted by molar-refractivity contribution is -0.0207. The smallest absolute Gasteiger partial charge is 0.258 e. The van der Waals surface area contributed by atoms with Gasteiger partial charge in [-0.15, -0.1) is 0 Å². The monoisotopic (exact) mass is 359 g/mol. The Morgan fingerprint density at radius 1 is 1.24 bits per heavy atom. The first-order valence-electron chi connectivity index (χ1n) is 8.26. The minimum absolute atomic E-state index is 0.267. The predicted octanol–water partition coefficient (Wildman–Crippen LogP) is 3.09. The number of nitrogens with one attached hydrogen (secondary N) is 1. The van der Waals surface area contributed by atoms with E-state index in [1.54, 1.807) is 24.3 Å². The van der Waals surface area contributed by atoms with Crippen molar-refractivity contribution in [2.24, 2.45) is 0 Å². The van der Waals surface area contributed by atoms with E-state index in [1.165, 1.54) is 0 Å². The third kappa shape index (κ3) is 3.79. The summed E-state index contributed by atoms with van der Waals surface area (Å²) in [6.45, 7) is 1.48. The number of carbonyl (C=O) groups excluding carboxylic acids is 1.